The van der Waals surface area contributed by atoms with Gasteiger partial charge in [-0.1, -0.05) is 11.6 Å². The Morgan fingerprint density at radius 2 is 1.70 bits per heavy atom. The van der Waals surface area contributed by atoms with Crippen LogP contribution in [0.5, 0.6) is 0 Å². The van der Waals surface area contributed by atoms with Crippen molar-refractivity contribution in [2.75, 3.05) is 17.2 Å². The van der Waals surface area contributed by atoms with Crippen molar-refractivity contribution >= 4 is 46.7 Å². The van der Waals surface area contributed by atoms with Crippen molar-refractivity contribution in [2.24, 2.45) is 0 Å². The topological polar surface area (TPSA) is 122 Å². The molecule has 0 atom stereocenters. The summed E-state index contributed by atoms with van der Waals surface area (Å²) in [4.78, 5) is 46.4. The number of amides is 2. The second kappa shape index (κ2) is 10.6. The summed E-state index contributed by atoms with van der Waals surface area (Å²) in [6, 6.07) is 7.66. The maximum absolute atomic E-state index is 12.8. The maximum Gasteiger partial charge on any atom is 0.416 e. The van der Waals surface area contributed by atoms with Gasteiger partial charge in [-0.15, -0.1) is 0 Å². The van der Waals surface area contributed by atoms with Gasteiger partial charge in [0.15, 0.2) is 6.61 Å². The monoisotopic (exact) mass is 484 g/mol. The van der Waals surface area contributed by atoms with Crippen LogP contribution in [0.15, 0.2) is 54.1 Å². The van der Waals surface area contributed by atoms with Crippen molar-refractivity contribution in [1.29, 1.82) is 0 Å². The molecule has 0 aliphatic carbocycles. The molecular formula is C21H16ClF3N2O6. The van der Waals surface area contributed by atoms with Crippen molar-refractivity contribution in [3.05, 3.63) is 70.3 Å². The van der Waals surface area contributed by atoms with E-state index in [9.17, 15) is 32.3 Å². The molecule has 0 heterocycles. The van der Waals surface area contributed by atoms with Crippen LogP contribution in [0.2, 0.25) is 5.02 Å². The zero-order valence-corrected chi connectivity index (χ0v) is 17.6. The molecule has 174 valence electrons. The number of carboxylic acids is 1. The Bertz CT molecular complexity index is 1110. The number of ether oxygens (including phenoxy) is 1. The summed E-state index contributed by atoms with van der Waals surface area (Å²) in [5, 5.41) is 13.2. The highest BCUT2D eigenvalue weighted by Gasteiger charge is 2.31. The smallest absolute Gasteiger partial charge is 0.416 e. The Labute approximate surface area is 190 Å². The van der Waals surface area contributed by atoms with E-state index in [2.05, 4.69) is 10.6 Å². The highest BCUT2D eigenvalue weighted by Crippen LogP contribution is 2.33. The third kappa shape index (κ3) is 7.65. The summed E-state index contributed by atoms with van der Waals surface area (Å²) in [6.45, 7) is 0.460. The molecule has 33 heavy (non-hydrogen) atoms. The molecule has 0 bridgehead atoms. The first-order valence-corrected chi connectivity index (χ1v) is 9.41. The zero-order valence-electron chi connectivity index (χ0n) is 16.8. The zero-order chi connectivity index (χ0) is 24.8. The van der Waals surface area contributed by atoms with E-state index in [0.29, 0.717) is 6.07 Å². The second-order valence-corrected chi connectivity index (χ2v) is 6.92. The quantitative estimate of drug-likeness (QED) is 0.401. The Morgan fingerprint density at radius 1 is 1.06 bits per heavy atom. The Kier molecular flexibility index (Phi) is 8.19. The largest absolute Gasteiger partial charge is 0.478 e. The number of aliphatic carboxylic acids is 1. The molecule has 2 amide bonds. The summed E-state index contributed by atoms with van der Waals surface area (Å²) in [5.74, 6) is -3.74. The summed E-state index contributed by atoms with van der Waals surface area (Å²) in [5.41, 5.74) is -1.18. The van der Waals surface area contributed by atoms with E-state index in [-0.39, 0.29) is 27.5 Å². The van der Waals surface area contributed by atoms with Gasteiger partial charge in [0.05, 0.1) is 21.8 Å². The number of hydrogen-bond acceptors (Lipinski definition) is 5. The number of carboxylic acid groups (broad SMARTS) is 1. The van der Waals surface area contributed by atoms with Gasteiger partial charge in [-0.2, -0.15) is 13.2 Å². The van der Waals surface area contributed by atoms with Crippen LogP contribution in [0.4, 0.5) is 24.5 Å². The molecule has 0 spiro atoms. The van der Waals surface area contributed by atoms with E-state index in [1.54, 1.807) is 0 Å². The van der Waals surface area contributed by atoms with E-state index in [1.807, 2.05) is 0 Å². The molecular weight excluding hydrogens is 469 g/mol. The van der Waals surface area contributed by atoms with Crippen LogP contribution in [-0.2, 0) is 25.3 Å². The molecule has 2 aromatic carbocycles. The number of alkyl halides is 3. The number of anilines is 2. The lowest BCUT2D eigenvalue weighted by atomic mass is 10.2. The first-order valence-electron chi connectivity index (χ1n) is 9.03. The predicted molar refractivity (Wildman–Crippen MR) is 112 cm³/mol. The predicted octanol–water partition coefficient (Wildman–Crippen LogP) is 4.12. The summed E-state index contributed by atoms with van der Waals surface area (Å²) < 4.78 is 43.2. The van der Waals surface area contributed by atoms with Crippen LogP contribution in [0, 0.1) is 0 Å². The van der Waals surface area contributed by atoms with Crippen molar-refractivity contribution in [3.63, 3.8) is 0 Å². The van der Waals surface area contributed by atoms with Gasteiger partial charge in [0.2, 0.25) is 5.91 Å². The Hall–Kier alpha value is -3.86. The Morgan fingerprint density at radius 3 is 2.27 bits per heavy atom. The molecule has 2 aromatic rings. The van der Waals surface area contributed by atoms with Crippen LogP contribution in [0.25, 0.3) is 0 Å². The number of benzene rings is 2. The van der Waals surface area contributed by atoms with E-state index in [0.717, 1.165) is 18.2 Å². The maximum atomic E-state index is 12.8. The lowest BCUT2D eigenvalue weighted by Crippen LogP contribution is -2.21. The van der Waals surface area contributed by atoms with Crippen LogP contribution < -0.4 is 10.6 Å². The van der Waals surface area contributed by atoms with Gasteiger partial charge in [-0.25, -0.2) is 9.59 Å². The van der Waals surface area contributed by atoms with E-state index < -0.39 is 42.1 Å². The molecule has 3 N–H and O–H groups in total. The molecule has 2 rings (SSSR count). The lowest BCUT2D eigenvalue weighted by molar-refractivity contribution is -0.137. The summed E-state index contributed by atoms with van der Waals surface area (Å²) in [7, 11) is 0. The van der Waals surface area contributed by atoms with Gasteiger partial charge in [0.1, 0.15) is 0 Å². The highest BCUT2D eigenvalue weighted by molar-refractivity contribution is 6.33. The van der Waals surface area contributed by atoms with Crippen molar-refractivity contribution < 1.29 is 42.2 Å². The lowest BCUT2D eigenvalue weighted by Gasteiger charge is -2.12. The van der Waals surface area contributed by atoms with Crippen LogP contribution in [0.1, 0.15) is 22.8 Å². The first kappa shape index (κ1) is 25.4. The molecule has 8 nitrogen and oxygen atoms in total. The minimum absolute atomic E-state index is 0.0233. The summed E-state index contributed by atoms with van der Waals surface area (Å²) in [6.07, 6.45) is -3.74. The number of nitrogens with one attached hydrogen (secondary N) is 2. The third-order valence-electron chi connectivity index (χ3n) is 3.98. The van der Waals surface area contributed by atoms with Crippen molar-refractivity contribution in [1.82, 2.24) is 0 Å². The van der Waals surface area contributed by atoms with E-state index in [4.69, 9.17) is 21.4 Å². The SMILES string of the molecule is C/C(=C\C(=O)Nc1ccc(C(=O)OCC(=O)Nc2cc(C(F)(F)F)ccc2Cl)cc1)C(=O)O. The Balaban J connectivity index is 1.93. The molecule has 0 saturated heterocycles. The normalized spacial score (nSPS) is 11.5. The van der Waals surface area contributed by atoms with Crippen LogP contribution in [-0.4, -0.2) is 35.5 Å². The van der Waals surface area contributed by atoms with Crippen molar-refractivity contribution in [3.8, 4) is 0 Å². The molecule has 0 saturated carbocycles. The highest BCUT2D eigenvalue weighted by atomic mass is 35.5. The number of carbonyl (C=O) groups is 4. The third-order valence-corrected chi connectivity index (χ3v) is 4.30. The first-order chi connectivity index (χ1) is 15.4. The number of hydrogen-bond donors (Lipinski definition) is 3. The average Bonchev–Trinajstić information content (AvgIpc) is 2.73. The molecule has 0 radical (unpaired) electrons. The van der Waals surface area contributed by atoms with Gasteiger partial charge in [0, 0.05) is 17.3 Å². The molecule has 0 aliphatic heterocycles. The fourth-order valence-electron chi connectivity index (χ4n) is 2.32. The van der Waals surface area contributed by atoms with Crippen molar-refractivity contribution in [2.45, 2.75) is 13.1 Å². The standard InChI is InChI=1S/C21H16ClF3N2O6/c1-11(19(30)31)8-17(28)26-14-5-2-12(3-6-14)20(32)33-10-18(29)27-16-9-13(21(23,24)25)4-7-15(16)22/h2-9H,10H2,1H3,(H,26,28)(H,27,29)(H,30,31)/b11-8+. The van der Waals surface area contributed by atoms with Gasteiger partial charge in [-0.3, -0.25) is 9.59 Å². The molecule has 0 aromatic heterocycles. The number of esters is 1. The summed E-state index contributed by atoms with van der Waals surface area (Å²) >= 11 is 5.79. The second-order valence-electron chi connectivity index (χ2n) is 6.52. The van der Waals surface area contributed by atoms with E-state index >= 15 is 0 Å². The number of halogens is 4. The molecule has 0 unspecified atom stereocenters. The fraction of sp³-hybridized carbons (Fsp3) is 0.143. The minimum Gasteiger partial charge on any atom is -0.478 e. The van der Waals surface area contributed by atoms with Gasteiger partial charge < -0.3 is 20.5 Å². The number of rotatable bonds is 7. The van der Waals surface area contributed by atoms with E-state index in [1.165, 1.54) is 31.2 Å². The van der Waals surface area contributed by atoms with Crippen LogP contribution >= 0.6 is 11.6 Å². The number of carbonyl (C=O) groups excluding carboxylic acids is 3. The molecule has 0 fully saturated rings. The molecule has 0 aliphatic rings. The average molecular weight is 485 g/mol. The van der Waals surface area contributed by atoms with Gasteiger partial charge in [-0.05, 0) is 49.4 Å². The van der Waals surface area contributed by atoms with Gasteiger partial charge >= 0.3 is 18.1 Å². The molecule has 12 heteroatoms. The van der Waals surface area contributed by atoms with Gasteiger partial charge in [0.25, 0.3) is 5.91 Å². The van der Waals surface area contributed by atoms with Crippen LogP contribution in [0.3, 0.4) is 0 Å². The fourth-order valence-corrected chi connectivity index (χ4v) is 2.49. The minimum atomic E-state index is -4.63.